The lowest BCUT2D eigenvalue weighted by Crippen LogP contribution is -2.55. The Morgan fingerprint density at radius 2 is 2.10 bits per heavy atom. The van der Waals surface area contributed by atoms with Crippen molar-refractivity contribution in [1.29, 1.82) is 0 Å². The van der Waals surface area contributed by atoms with Gasteiger partial charge in [0.15, 0.2) is 5.96 Å². The maximum absolute atomic E-state index is 12.6. The number of rotatable bonds is 5. The molecule has 1 aliphatic rings. The average Bonchev–Trinajstić information content (AvgIpc) is 3.30. The third kappa shape index (κ3) is 4.00. The molecule has 0 atom stereocenters. The van der Waals surface area contributed by atoms with Gasteiger partial charge in [-0.15, -0.1) is 0 Å². The summed E-state index contributed by atoms with van der Waals surface area (Å²) < 4.78 is 3.95. The molecule has 0 unspecified atom stereocenters. The van der Waals surface area contributed by atoms with Gasteiger partial charge in [-0.25, -0.2) is 4.98 Å². The zero-order valence-corrected chi connectivity index (χ0v) is 17.7. The van der Waals surface area contributed by atoms with Crippen LogP contribution in [0.2, 0.25) is 0 Å². The summed E-state index contributed by atoms with van der Waals surface area (Å²) in [6, 6.07) is 8.21. The number of amides is 1. The molecule has 0 spiro atoms. The maximum atomic E-state index is 12.6. The Kier molecular flexibility index (Phi) is 5.69. The quantitative estimate of drug-likeness (QED) is 0.392. The van der Waals surface area contributed by atoms with Crippen LogP contribution in [0.15, 0.2) is 41.7 Å². The number of aliphatic imine (C=N–C) groups is 1. The smallest absolute Gasteiger partial charge is 0.246 e. The van der Waals surface area contributed by atoms with Crippen LogP contribution in [0.25, 0.3) is 11.0 Å². The number of nitrogens with zero attached hydrogens (tertiary/aromatic N) is 7. The van der Waals surface area contributed by atoms with E-state index in [4.69, 9.17) is 0 Å². The highest BCUT2D eigenvalue weighted by atomic mass is 16.2. The highest BCUT2D eigenvalue weighted by molar-refractivity contribution is 5.98. The van der Waals surface area contributed by atoms with E-state index in [0.717, 1.165) is 54.6 Å². The van der Waals surface area contributed by atoms with Crippen molar-refractivity contribution >= 4 is 28.6 Å². The summed E-state index contributed by atoms with van der Waals surface area (Å²) in [5, 5.41) is 7.56. The molecule has 0 saturated carbocycles. The summed E-state index contributed by atoms with van der Waals surface area (Å²) in [4.78, 5) is 25.4. The highest BCUT2D eigenvalue weighted by Gasteiger charge is 2.27. The van der Waals surface area contributed by atoms with Crippen molar-refractivity contribution in [3.05, 3.63) is 42.5 Å². The van der Waals surface area contributed by atoms with E-state index in [-0.39, 0.29) is 5.91 Å². The third-order valence-electron chi connectivity index (χ3n) is 5.42. The van der Waals surface area contributed by atoms with Crippen LogP contribution >= 0.6 is 0 Å². The van der Waals surface area contributed by atoms with Gasteiger partial charge in [0.25, 0.3) is 0 Å². The van der Waals surface area contributed by atoms with E-state index < -0.39 is 0 Å². The Morgan fingerprint density at radius 1 is 1.27 bits per heavy atom. The van der Waals surface area contributed by atoms with Gasteiger partial charge >= 0.3 is 0 Å². The van der Waals surface area contributed by atoms with Gasteiger partial charge in [0, 0.05) is 46.5 Å². The van der Waals surface area contributed by atoms with E-state index in [1.54, 1.807) is 22.8 Å². The maximum Gasteiger partial charge on any atom is 0.246 e. The minimum Gasteiger partial charge on any atom is -0.356 e. The second-order valence-corrected chi connectivity index (χ2v) is 7.47. The Balaban J connectivity index is 1.30. The van der Waals surface area contributed by atoms with Crippen molar-refractivity contribution in [3.63, 3.8) is 0 Å². The first-order chi connectivity index (χ1) is 14.6. The second kappa shape index (κ2) is 8.56. The molecule has 2 aromatic heterocycles. The average molecular weight is 409 g/mol. The fraction of sp³-hybridized carbons (Fsp3) is 0.429. The van der Waals surface area contributed by atoms with E-state index >= 15 is 0 Å². The van der Waals surface area contributed by atoms with Crippen LogP contribution in [0.4, 0.5) is 5.69 Å². The fourth-order valence-corrected chi connectivity index (χ4v) is 3.92. The number of para-hydroxylation sites is 2. The zero-order valence-electron chi connectivity index (χ0n) is 17.7. The lowest BCUT2D eigenvalue weighted by Gasteiger charge is -2.35. The third-order valence-corrected chi connectivity index (χ3v) is 5.42. The first kappa shape index (κ1) is 19.9. The molecule has 0 aliphatic carbocycles. The van der Waals surface area contributed by atoms with Gasteiger partial charge in [-0.3, -0.25) is 14.5 Å². The van der Waals surface area contributed by atoms with Crippen LogP contribution in [0.5, 0.6) is 0 Å². The normalized spacial score (nSPS) is 15.3. The molecule has 30 heavy (non-hydrogen) atoms. The summed E-state index contributed by atoms with van der Waals surface area (Å²) in [7, 11) is 3.61. The number of hydrogen-bond acceptors (Lipinski definition) is 4. The molecule has 0 radical (unpaired) electrons. The Bertz CT molecular complexity index is 1070. The highest BCUT2D eigenvalue weighted by Crippen LogP contribution is 2.17. The van der Waals surface area contributed by atoms with Crippen LogP contribution in [0.3, 0.4) is 0 Å². The molecule has 1 N–H and O–H groups in total. The molecule has 9 nitrogen and oxygen atoms in total. The monoisotopic (exact) mass is 408 g/mol. The summed E-state index contributed by atoms with van der Waals surface area (Å²) >= 11 is 0. The number of anilines is 1. The molecule has 1 aliphatic heterocycles. The molecule has 1 fully saturated rings. The molecular weight excluding hydrogens is 380 g/mol. The summed E-state index contributed by atoms with van der Waals surface area (Å²) in [6.07, 6.45) is 4.52. The van der Waals surface area contributed by atoms with Crippen LogP contribution in [0.1, 0.15) is 12.2 Å². The van der Waals surface area contributed by atoms with E-state index in [9.17, 15) is 4.79 Å². The molecule has 1 aromatic carbocycles. The fourth-order valence-electron chi connectivity index (χ4n) is 3.92. The van der Waals surface area contributed by atoms with E-state index in [1.807, 2.05) is 43.3 Å². The van der Waals surface area contributed by atoms with Crippen LogP contribution in [-0.4, -0.2) is 69.3 Å². The molecule has 0 bridgehead atoms. The van der Waals surface area contributed by atoms with Gasteiger partial charge in [0.05, 0.1) is 22.9 Å². The lowest BCUT2D eigenvalue weighted by molar-refractivity contribution is -0.120. The number of carbonyl (C=O) groups excluding carboxylic acids is 1. The summed E-state index contributed by atoms with van der Waals surface area (Å²) in [5.41, 5.74) is 3.04. The zero-order chi connectivity index (χ0) is 21.1. The van der Waals surface area contributed by atoms with Crippen molar-refractivity contribution in [2.75, 3.05) is 38.1 Å². The van der Waals surface area contributed by atoms with Gasteiger partial charge in [-0.05, 0) is 25.5 Å². The lowest BCUT2D eigenvalue weighted by atomic mass is 10.3. The first-order valence-electron chi connectivity index (χ1n) is 10.2. The number of carbonyl (C=O) groups is 1. The largest absolute Gasteiger partial charge is 0.356 e. The standard InChI is InChI=1S/C21H28N8O/c1-16-25-18-7-4-5-8-19(18)28(16)10-6-9-23-21(22-2)27-11-12-29(20(30)15-27)17-13-24-26(3)14-17/h4-5,7-8,13-14H,6,9-12,15H2,1-3H3,(H,22,23). The number of nitrogens with one attached hydrogen (secondary N) is 1. The molecule has 3 heterocycles. The Hall–Kier alpha value is -3.36. The van der Waals surface area contributed by atoms with Gasteiger partial charge in [-0.2, -0.15) is 5.10 Å². The van der Waals surface area contributed by atoms with Crippen molar-refractivity contribution in [2.45, 2.75) is 19.9 Å². The summed E-state index contributed by atoms with van der Waals surface area (Å²) in [6.45, 7) is 5.34. The van der Waals surface area contributed by atoms with Crippen molar-refractivity contribution in [3.8, 4) is 0 Å². The Labute approximate surface area is 176 Å². The number of benzene rings is 1. The number of aryl methyl sites for hydroxylation is 3. The number of fused-ring (bicyclic) bond motifs is 1. The van der Waals surface area contributed by atoms with Crippen molar-refractivity contribution in [2.24, 2.45) is 12.0 Å². The predicted molar refractivity (Wildman–Crippen MR) is 118 cm³/mol. The Morgan fingerprint density at radius 3 is 2.83 bits per heavy atom. The molecule has 158 valence electrons. The van der Waals surface area contributed by atoms with Gasteiger partial charge in [0.2, 0.25) is 5.91 Å². The topological polar surface area (TPSA) is 83.6 Å². The predicted octanol–water partition coefficient (Wildman–Crippen LogP) is 1.39. The van der Waals surface area contributed by atoms with E-state index in [1.165, 1.54) is 0 Å². The van der Waals surface area contributed by atoms with Crippen molar-refractivity contribution in [1.82, 2.24) is 29.5 Å². The number of guanidine groups is 1. The minimum atomic E-state index is 0.0534. The van der Waals surface area contributed by atoms with E-state index in [0.29, 0.717) is 13.1 Å². The molecular formula is C21H28N8O. The van der Waals surface area contributed by atoms with Crippen molar-refractivity contribution < 1.29 is 4.79 Å². The summed E-state index contributed by atoms with van der Waals surface area (Å²) in [5.74, 6) is 1.84. The second-order valence-electron chi connectivity index (χ2n) is 7.47. The van der Waals surface area contributed by atoms with E-state index in [2.05, 4.69) is 31.0 Å². The molecule has 4 rings (SSSR count). The number of imidazole rings is 1. The molecule has 1 saturated heterocycles. The SMILES string of the molecule is CN=C(NCCCn1c(C)nc2ccccc21)N1CCN(c2cnn(C)c2)C(=O)C1. The number of piperazine rings is 1. The first-order valence-corrected chi connectivity index (χ1v) is 10.2. The van der Waals surface area contributed by atoms with Gasteiger partial charge in [0.1, 0.15) is 12.4 Å². The minimum absolute atomic E-state index is 0.0534. The van der Waals surface area contributed by atoms with Gasteiger partial charge < -0.3 is 19.7 Å². The van der Waals surface area contributed by atoms with Crippen LogP contribution in [-0.2, 0) is 18.4 Å². The number of hydrogen-bond donors (Lipinski definition) is 1. The molecule has 1 amide bonds. The molecule has 9 heteroatoms. The van der Waals surface area contributed by atoms with Crippen LogP contribution in [0, 0.1) is 6.92 Å². The molecule has 3 aromatic rings. The number of aromatic nitrogens is 4. The van der Waals surface area contributed by atoms with Gasteiger partial charge in [-0.1, -0.05) is 12.1 Å². The van der Waals surface area contributed by atoms with Crippen LogP contribution < -0.4 is 10.2 Å².